The van der Waals surface area contributed by atoms with E-state index < -0.39 is 0 Å². The Morgan fingerprint density at radius 3 is 2.75 bits per heavy atom. The molecule has 0 N–H and O–H groups in total. The van der Waals surface area contributed by atoms with Gasteiger partial charge in [-0.1, -0.05) is 0 Å². The quantitative estimate of drug-likeness (QED) is 0.463. The van der Waals surface area contributed by atoms with Gasteiger partial charge in [0.2, 0.25) is 5.82 Å². The van der Waals surface area contributed by atoms with Crippen LogP contribution < -0.4 is 4.90 Å². The maximum Gasteiger partial charge on any atom is 0.218 e. The van der Waals surface area contributed by atoms with Crippen LogP contribution >= 0.6 is 0 Å². The molecule has 9 heteroatoms. The van der Waals surface area contributed by atoms with E-state index in [1.807, 2.05) is 33.2 Å². The molecule has 1 fully saturated rings. The highest BCUT2D eigenvalue weighted by atomic mass is 16.5. The predicted octanol–water partition coefficient (Wildman–Crippen LogP) is 3.36. The average molecular weight is 435 g/mol. The molecule has 1 atom stereocenters. The molecule has 1 saturated heterocycles. The maximum absolute atomic E-state index is 5.41. The highest BCUT2D eigenvalue weighted by Gasteiger charge is 2.28. The minimum atomic E-state index is 0.314. The van der Waals surface area contributed by atoms with Gasteiger partial charge in [-0.15, -0.1) is 5.10 Å². The number of methoxy groups -OCH3 is 1. The summed E-state index contributed by atoms with van der Waals surface area (Å²) in [6, 6.07) is 2.38. The first-order valence-corrected chi connectivity index (χ1v) is 11.1. The minimum absolute atomic E-state index is 0.314. The van der Waals surface area contributed by atoms with Crippen LogP contribution in [0.3, 0.4) is 0 Å². The van der Waals surface area contributed by atoms with Crippen LogP contribution in [0.25, 0.3) is 28.4 Å². The molecular weight excluding hydrogens is 404 g/mol. The minimum Gasteiger partial charge on any atom is -0.384 e. The van der Waals surface area contributed by atoms with E-state index in [0.717, 1.165) is 60.1 Å². The molecule has 0 spiro atoms. The highest BCUT2D eigenvalue weighted by Crippen LogP contribution is 2.35. The number of hydrogen-bond donors (Lipinski definition) is 0. The first-order valence-electron chi connectivity index (χ1n) is 11.1. The lowest BCUT2D eigenvalue weighted by Gasteiger charge is -2.20. The predicted molar refractivity (Wildman–Crippen MR) is 124 cm³/mol. The van der Waals surface area contributed by atoms with Crippen molar-refractivity contribution in [1.82, 2.24) is 33.9 Å². The van der Waals surface area contributed by atoms with E-state index in [-0.39, 0.29) is 0 Å². The molecule has 4 aromatic rings. The lowest BCUT2D eigenvalue weighted by Crippen LogP contribution is -2.23. The summed E-state index contributed by atoms with van der Waals surface area (Å²) in [5.41, 5.74) is 4.18. The van der Waals surface area contributed by atoms with E-state index in [2.05, 4.69) is 42.9 Å². The first-order chi connectivity index (χ1) is 15.5. The maximum atomic E-state index is 5.41. The van der Waals surface area contributed by atoms with Gasteiger partial charge in [0.1, 0.15) is 5.52 Å². The van der Waals surface area contributed by atoms with Crippen LogP contribution in [0.5, 0.6) is 0 Å². The number of aromatic nitrogens is 7. The molecule has 0 unspecified atom stereocenters. The topological polar surface area (TPSA) is 78.3 Å². The number of hydrogen-bond acceptors (Lipinski definition) is 6. The summed E-state index contributed by atoms with van der Waals surface area (Å²) in [7, 11) is 3.73. The molecule has 168 valence electrons. The van der Waals surface area contributed by atoms with Crippen LogP contribution in [0.2, 0.25) is 0 Å². The van der Waals surface area contributed by atoms with E-state index in [4.69, 9.17) is 19.9 Å². The number of nitrogens with zero attached hydrogens (tertiary/aromatic N) is 8. The van der Waals surface area contributed by atoms with Gasteiger partial charge in [0.25, 0.3) is 0 Å². The number of ether oxygens (including phenoxy) is 1. The fourth-order valence-corrected chi connectivity index (χ4v) is 4.53. The number of rotatable bonds is 6. The summed E-state index contributed by atoms with van der Waals surface area (Å²) >= 11 is 0. The van der Waals surface area contributed by atoms with Crippen molar-refractivity contribution < 1.29 is 4.74 Å². The Kier molecular flexibility index (Phi) is 5.21. The summed E-state index contributed by atoms with van der Waals surface area (Å²) in [4.78, 5) is 11.9. The molecule has 5 heterocycles. The van der Waals surface area contributed by atoms with Crippen molar-refractivity contribution in [3.05, 3.63) is 36.4 Å². The summed E-state index contributed by atoms with van der Waals surface area (Å²) in [6.07, 6.45) is 8.88. The molecule has 0 aliphatic carbocycles. The van der Waals surface area contributed by atoms with E-state index >= 15 is 0 Å². The van der Waals surface area contributed by atoms with Crippen LogP contribution in [0, 0.1) is 12.8 Å². The van der Waals surface area contributed by atoms with Gasteiger partial charge in [-0.05, 0) is 38.8 Å². The monoisotopic (exact) mass is 434 g/mol. The second-order valence-electron chi connectivity index (χ2n) is 8.91. The Morgan fingerprint density at radius 1 is 1.22 bits per heavy atom. The number of fused-ring (bicyclic) bond motifs is 1. The average Bonchev–Trinajstić information content (AvgIpc) is 3.54. The third kappa shape index (κ3) is 3.46. The fourth-order valence-electron chi connectivity index (χ4n) is 4.53. The van der Waals surface area contributed by atoms with Gasteiger partial charge in [-0.25, -0.2) is 14.5 Å². The molecule has 1 aliphatic heterocycles. The molecule has 0 amide bonds. The van der Waals surface area contributed by atoms with Gasteiger partial charge >= 0.3 is 0 Å². The SMILES string of the molecule is COC[C@@H]1CCN(c2nc(-c3nccn3C)nn3cc(-c4ccn(C(C)C)n4)c(C)c23)C1. The molecule has 5 rings (SSSR count). The van der Waals surface area contributed by atoms with Crippen molar-refractivity contribution in [2.75, 3.05) is 31.7 Å². The Bertz CT molecular complexity index is 1250. The molecule has 0 aromatic carbocycles. The number of imidazole rings is 1. The molecular formula is C23H30N8O. The zero-order chi connectivity index (χ0) is 22.4. The molecule has 1 aliphatic rings. The molecule has 0 radical (unpaired) electrons. The van der Waals surface area contributed by atoms with E-state index in [1.54, 1.807) is 13.3 Å². The summed E-state index contributed by atoms with van der Waals surface area (Å²) in [5, 5.41) is 9.65. The Labute approximate surface area is 187 Å². The van der Waals surface area contributed by atoms with Crippen molar-refractivity contribution in [3.8, 4) is 22.9 Å². The molecule has 32 heavy (non-hydrogen) atoms. The van der Waals surface area contributed by atoms with Crippen LogP contribution in [-0.2, 0) is 11.8 Å². The number of aryl methyl sites for hydroxylation is 2. The second kappa shape index (κ2) is 8.05. The van der Waals surface area contributed by atoms with Gasteiger partial charge in [-0.2, -0.15) is 5.10 Å². The van der Waals surface area contributed by atoms with Crippen molar-refractivity contribution in [2.24, 2.45) is 13.0 Å². The Hall–Kier alpha value is -3.20. The summed E-state index contributed by atoms with van der Waals surface area (Å²) in [6.45, 7) is 9.03. The van der Waals surface area contributed by atoms with Crippen LogP contribution in [0.1, 0.15) is 31.9 Å². The van der Waals surface area contributed by atoms with Crippen molar-refractivity contribution in [2.45, 2.75) is 33.2 Å². The zero-order valence-electron chi connectivity index (χ0n) is 19.4. The van der Waals surface area contributed by atoms with Gasteiger partial charge in [0.15, 0.2) is 11.6 Å². The standard InChI is InChI=1S/C23H30N8O/c1-15(2)30-10-7-19(26-30)18-13-31-20(16(18)3)22(29-9-6-17(12-29)14-32-5)25-21(27-31)23-24-8-11-28(23)4/h7-8,10-11,13,15,17H,6,9,12,14H2,1-5H3/t17-/m1/s1. The summed E-state index contributed by atoms with van der Waals surface area (Å²) in [5.74, 6) is 2.81. The molecule has 9 nitrogen and oxygen atoms in total. The first kappa shape index (κ1) is 20.7. The van der Waals surface area contributed by atoms with Crippen molar-refractivity contribution in [1.29, 1.82) is 0 Å². The van der Waals surface area contributed by atoms with Crippen molar-refractivity contribution >= 4 is 11.3 Å². The van der Waals surface area contributed by atoms with Gasteiger partial charge in [-0.3, -0.25) is 4.68 Å². The Morgan fingerprint density at radius 2 is 2.06 bits per heavy atom. The van der Waals surface area contributed by atoms with E-state index in [1.165, 1.54) is 0 Å². The lowest BCUT2D eigenvalue weighted by atomic mass is 10.1. The van der Waals surface area contributed by atoms with Crippen LogP contribution in [0.4, 0.5) is 5.82 Å². The molecule has 4 aromatic heterocycles. The summed E-state index contributed by atoms with van der Waals surface area (Å²) < 4.78 is 11.3. The molecule has 0 bridgehead atoms. The van der Waals surface area contributed by atoms with Gasteiger partial charge < -0.3 is 14.2 Å². The van der Waals surface area contributed by atoms with Crippen LogP contribution in [0.15, 0.2) is 30.9 Å². The smallest absolute Gasteiger partial charge is 0.218 e. The largest absolute Gasteiger partial charge is 0.384 e. The fraction of sp³-hybridized carbons (Fsp3) is 0.478. The van der Waals surface area contributed by atoms with Crippen molar-refractivity contribution in [3.63, 3.8) is 0 Å². The van der Waals surface area contributed by atoms with Gasteiger partial charge in [0.05, 0.1) is 12.3 Å². The van der Waals surface area contributed by atoms with Gasteiger partial charge in [0, 0.05) is 69.6 Å². The normalized spacial score (nSPS) is 16.7. The van der Waals surface area contributed by atoms with E-state index in [9.17, 15) is 0 Å². The van der Waals surface area contributed by atoms with E-state index in [0.29, 0.717) is 17.8 Å². The highest BCUT2D eigenvalue weighted by molar-refractivity contribution is 5.83. The zero-order valence-corrected chi connectivity index (χ0v) is 19.4. The molecule has 0 saturated carbocycles. The lowest BCUT2D eigenvalue weighted by molar-refractivity contribution is 0.161. The van der Waals surface area contributed by atoms with Crippen LogP contribution in [-0.4, -0.2) is 60.7 Å². The third-order valence-corrected chi connectivity index (χ3v) is 6.29. The Balaban J connectivity index is 1.67. The third-order valence-electron chi connectivity index (χ3n) is 6.29. The second-order valence-corrected chi connectivity index (χ2v) is 8.91. The number of anilines is 1.